The molecule has 1 heterocycles. The first-order chi connectivity index (χ1) is 8.15. The third-order valence-electron chi connectivity index (χ3n) is 2.20. The summed E-state index contributed by atoms with van der Waals surface area (Å²) in [6.45, 7) is 3.93. The number of rotatable bonds is 3. The van der Waals surface area contributed by atoms with Gasteiger partial charge in [-0.3, -0.25) is 5.43 Å². The quantitative estimate of drug-likeness (QED) is 0.676. The maximum Gasteiger partial charge on any atom is 0.0942 e. The van der Waals surface area contributed by atoms with E-state index in [-0.39, 0.29) is 0 Å². The lowest BCUT2D eigenvalue weighted by Crippen LogP contribution is -1.91. The van der Waals surface area contributed by atoms with Crippen LogP contribution in [0.5, 0.6) is 0 Å². The Morgan fingerprint density at radius 3 is 2.88 bits per heavy atom. The number of hydrogen-bond donors (Lipinski definition) is 1. The number of aromatic nitrogens is 1. The van der Waals surface area contributed by atoms with Gasteiger partial charge in [-0.25, -0.2) is 4.98 Å². The van der Waals surface area contributed by atoms with Crippen LogP contribution in [0.3, 0.4) is 0 Å². The summed E-state index contributed by atoms with van der Waals surface area (Å²) in [5, 5.41) is 7.83. The summed E-state index contributed by atoms with van der Waals surface area (Å²) in [5.74, 6) is 0. The maximum atomic E-state index is 6.01. The summed E-state index contributed by atoms with van der Waals surface area (Å²) >= 11 is 7.61. The molecule has 0 amide bonds. The predicted octanol–water partition coefficient (Wildman–Crippen LogP) is 3.86. The van der Waals surface area contributed by atoms with Gasteiger partial charge in [-0.15, -0.1) is 11.3 Å². The van der Waals surface area contributed by atoms with E-state index in [0.717, 1.165) is 27.0 Å². The molecule has 2 aromatic rings. The van der Waals surface area contributed by atoms with Gasteiger partial charge in [0.15, 0.2) is 0 Å². The Bertz CT molecular complexity index is 548. The van der Waals surface area contributed by atoms with Gasteiger partial charge in [0.25, 0.3) is 0 Å². The van der Waals surface area contributed by atoms with Gasteiger partial charge >= 0.3 is 0 Å². The standard InChI is InChI=1S/C12H12ClN3S/c1-8-3-4-10(5-12(8)13)16-14-6-11-7-17-9(2)15-11/h3-7,16H,1-2H3/b14-6+. The van der Waals surface area contributed by atoms with Crippen molar-refractivity contribution < 1.29 is 0 Å². The van der Waals surface area contributed by atoms with Crippen molar-refractivity contribution in [2.24, 2.45) is 5.10 Å². The molecular formula is C12H12ClN3S. The highest BCUT2D eigenvalue weighted by Gasteiger charge is 1.96. The molecule has 1 aromatic heterocycles. The van der Waals surface area contributed by atoms with Crippen molar-refractivity contribution in [3.05, 3.63) is 44.9 Å². The molecule has 3 nitrogen and oxygen atoms in total. The van der Waals surface area contributed by atoms with Crippen molar-refractivity contribution in [1.82, 2.24) is 4.98 Å². The van der Waals surface area contributed by atoms with Gasteiger partial charge in [-0.05, 0) is 31.5 Å². The molecule has 1 aromatic carbocycles. The lowest BCUT2D eigenvalue weighted by Gasteiger charge is -2.02. The molecule has 1 N–H and O–H groups in total. The van der Waals surface area contributed by atoms with Crippen LogP contribution in [-0.2, 0) is 0 Å². The number of aryl methyl sites for hydroxylation is 2. The highest BCUT2D eigenvalue weighted by molar-refractivity contribution is 7.09. The summed E-state index contributed by atoms with van der Waals surface area (Å²) in [6.07, 6.45) is 1.69. The SMILES string of the molecule is Cc1nc(/C=N/Nc2ccc(C)c(Cl)c2)cs1. The first kappa shape index (κ1) is 12.1. The number of anilines is 1. The van der Waals surface area contributed by atoms with Crippen molar-refractivity contribution in [1.29, 1.82) is 0 Å². The third kappa shape index (κ3) is 3.28. The summed E-state index contributed by atoms with van der Waals surface area (Å²) in [6, 6.07) is 5.73. The highest BCUT2D eigenvalue weighted by atomic mass is 35.5. The molecule has 0 radical (unpaired) electrons. The topological polar surface area (TPSA) is 37.3 Å². The minimum Gasteiger partial charge on any atom is -0.278 e. The molecule has 0 bridgehead atoms. The molecule has 0 saturated carbocycles. The Morgan fingerprint density at radius 2 is 2.24 bits per heavy atom. The summed E-state index contributed by atoms with van der Waals surface area (Å²) in [5.41, 5.74) is 5.70. The van der Waals surface area contributed by atoms with E-state index in [0.29, 0.717) is 0 Å². The van der Waals surface area contributed by atoms with Crippen LogP contribution in [0.2, 0.25) is 5.02 Å². The van der Waals surface area contributed by atoms with Crippen LogP contribution in [0.4, 0.5) is 5.69 Å². The molecule has 0 saturated heterocycles. The van der Waals surface area contributed by atoms with Gasteiger partial charge in [0.05, 0.1) is 22.6 Å². The van der Waals surface area contributed by atoms with E-state index in [1.807, 2.05) is 37.4 Å². The Kier molecular flexibility index (Phi) is 3.76. The lowest BCUT2D eigenvalue weighted by molar-refractivity contribution is 1.26. The van der Waals surface area contributed by atoms with E-state index in [4.69, 9.17) is 11.6 Å². The Labute approximate surface area is 109 Å². The Morgan fingerprint density at radius 1 is 1.41 bits per heavy atom. The second-order valence-electron chi connectivity index (χ2n) is 3.63. The van der Waals surface area contributed by atoms with Crippen LogP contribution in [0.25, 0.3) is 0 Å². The van der Waals surface area contributed by atoms with E-state index in [9.17, 15) is 0 Å². The number of hydrazone groups is 1. The third-order valence-corrected chi connectivity index (χ3v) is 3.40. The molecule has 0 aliphatic rings. The van der Waals surface area contributed by atoms with Gasteiger partial charge in [-0.1, -0.05) is 17.7 Å². The van der Waals surface area contributed by atoms with E-state index in [2.05, 4.69) is 15.5 Å². The number of thiazole rings is 1. The number of hydrogen-bond acceptors (Lipinski definition) is 4. The Hall–Kier alpha value is -1.39. The molecule has 0 atom stereocenters. The monoisotopic (exact) mass is 265 g/mol. The van der Waals surface area contributed by atoms with Crippen molar-refractivity contribution in [2.45, 2.75) is 13.8 Å². The van der Waals surface area contributed by atoms with Gasteiger partial charge in [0, 0.05) is 10.4 Å². The minimum atomic E-state index is 0.731. The van der Waals surface area contributed by atoms with Crippen molar-refractivity contribution in [3.63, 3.8) is 0 Å². The maximum absolute atomic E-state index is 6.01. The highest BCUT2D eigenvalue weighted by Crippen LogP contribution is 2.19. The summed E-state index contributed by atoms with van der Waals surface area (Å²) in [4.78, 5) is 4.28. The van der Waals surface area contributed by atoms with Crippen LogP contribution in [0.1, 0.15) is 16.3 Å². The zero-order chi connectivity index (χ0) is 12.3. The second kappa shape index (κ2) is 5.29. The van der Waals surface area contributed by atoms with Crippen molar-refractivity contribution in [3.8, 4) is 0 Å². The van der Waals surface area contributed by atoms with E-state index in [1.165, 1.54) is 0 Å². The second-order valence-corrected chi connectivity index (χ2v) is 5.09. The smallest absolute Gasteiger partial charge is 0.0942 e. The number of benzene rings is 1. The van der Waals surface area contributed by atoms with E-state index in [1.54, 1.807) is 17.6 Å². The van der Waals surface area contributed by atoms with Crippen LogP contribution in [-0.4, -0.2) is 11.2 Å². The summed E-state index contributed by atoms with van der Waals surface area (Å²) < 4.78 is 0. The molecule has 0 spiro atoms. The van der Waals surface area contributed by atoms with Crippen molar-refractivity contribution in [2.75, 3.05) is 5.43 Å². The molecule has 2 rings (SSSR count). The molecule has 17 heavy (non-hydrogen) atoms. The molecule has 0 aliphatic heterocycles. The van der Waals surface area contributed by atoms with Gasteiger partial charge in [0.1, 0.15) is 0 Å². The van der Waals surface area contributed by atoms with Crippen molar-refractivity contribution >= 4 is 34.8 Å². The van der Waals surface area contributed by atoms with Crippen LogP contribution in [0.15, 0.2) is 28.7 Å². The molecular weight excluding hydrogens is 254 g/mol. The van der Waals surface area contributed by atoms with E-state index >= 15 is 0 Å². The van der Waals surface area contributed by atoms with Gasteiger partial charge in [-0.2, -0.15) is 5.10 Å². The first-order valence-corrected chi connectivity index (χ1v) is 6.38. The first-order valence-electron chi connectivity index (χ1n) is 5.12. The summed E-state index contributed by atoms with van der Waals surface area (Å²) in [7, 11) is 0. The fourth-order valence-electron chi connectivity index (χ4n) is 1.27. The van der Waals surface area contributed by atoms with Gasteiger partial charge in [0.2, 0.25) is 0 Å². The fraction of sp³-hybridized carbons (Fsp3) is 0.167. The van der Waals surface area contributed by atoms with E-state index < -0.39 is 0 Å². The number of halogens is 1. The predicted molar refractivity (Wildman–Crippen MR) is 74.3 cm³/mol. The molecule has 0 unspecified atom stereocenters. The number of nitrogens with one attached hydrogen (secondary N) is 1. The fourth-order valence-corrected chi connectivity index (χ4v) is 2.02. The Balaban J connectivity index is 2.02. The normalized spacial score (nSPS) is 11.0. The zero-order valence-electron chi connectivity index (χ0n) is 9.57. The lowest BCUT2D eigenvalue weighted by atomic mass is 10.2. The average molecular weight is 266 g/mol. The molecule has 5 heteroatoms. The van der Waals surface area contributed by atoms with Crippen LogP contribution < -0.4 is 5.43 Å². The number of nitrogens with zero attached hydrogens (tertiary/aromatic N) is 2. The molecule has 0 fully saturated rings. The molecule has 0 aliphatic carbocycles. The largest absolute Gasteiger partial charge is 0.278 e. The average Bonchev–Trinajstić information content (AvgIpc) is 2.70. The van der Waals surface area contributed by atoms with Crippen LogP contribution in [0, 0.1) is 13.8 Å². The van der Waals surface area contributed by atoms with Gasteiger partial charge < -0.3 is 0 Å². The zero-order valence-corrected chi connectivity index (χ0v) is 11.1. The molecule has 88 valence electrons. The van der Waals surface area contributed by atoms with Crippen LogP contribution >= 0.6 is 22.9 Å². The minimum absolute atomic E-state index is 0.731.